The molecule has 0 spiro atoms. The Morgan fingerprint density at radius 3 is 2.68 bits per heavy atom. The molecule has 0 saturated carbocycles. The first-order valence-corrected chi connectivity index (χ1v) is 7.45. The van der Waals surface area contributed by atoms with Crippen LogP contribution in [0.15, 0.2) is 18.2 Å². The van der Waals surface area contributed by atoms with Crippen molar-refractivity contribution in [2.24, 2.45) is 0 Å². The molecule has 0 radical (unpaired) electrons. The molecule has 0 amide bonds. The van der Waals surface area contributed by atoms with Crippen LogP contribution in [0.2, 0.25) is 0 Å². The van der Waals surface area contributed by atoms with E-state index in [9.17, 15) is 14.9 Å². The van der Waals surface area contributed by atoms with Gasteiger partial charge in [0.1, 0.15) is 11.3 Å². The van der Waals surface area contributed by atoms with Crippen molar-refractivity contribution in [1.29, 1.82) is 0 Å². The molecular formula is C15H20N2O5. The molecule has 7 nitrogen and oxygen atoms in total. The van der Waals surface area contributed by atoms with E-state index in [2.05, 4.69) is 4.90 Å². The normalized spacial score (nSPS) is 15.5. The highest BCUT2D eigenvalue weighted by Gasteiger charge is 2.17. The molecule has 1 fully saturated rings. The van der Waals surface area contributed by atoms with Gasteiger partial charge in [-0.3, -0.25) is 10.1 Å². The Kier molecular flexibility index (Phi) is 5.71. The summed E-state index contributed by atoms with van der Waals surface area (Å²) in [5.74, 6) is -1.10. The summed E-state index contributed by atoms with van der Waals surface area (Å²) in [6.07, 6.45) is 4.48. The maximum absolute atomic E-state index is 11.1. The molecule has 0 atom stereocenters. The lowest BCUT2D eigenvalue weighted by atomic mass is 10.1. The molecule has 0 bridgehead atoms. The fourth-order valence-electron chi connectivity index (χ4n) is 2.57. The minimum absolute atomic E-state index is 0.0522. The summed E-state index contributed by atoms with van der Waals surface area (Å²) in [4.78, 5) is 23.7. The van der Waals surface area contributed by atoms with E-state index in [1.165, 1.54) is 37.5 Å². The van der Waals surface area contributed by atoms with Crippen molar-refractivity contribution in [3.63, 3.8) is 0 Å². The maximum atomic E-state index is 11.1. The highest BCUT2D eigenvalue weighted by atomic mass is 16.6. The van der Waals surface area contributed by atoms with Crippen LogP contribution in [0.5, 0.6) is 5.75 Å². The van der Waals surface area contributed by atoms with E-state index in [1.807, 2.05) is 0 Å². The Bertz CT molecular complexity index is 541. The molecule has 0 aliphatic carbocycles. The quantitative estimate of drug-likeness (QED) is 0.473. The highest BCUT2D eigenvalue weighted by Crippen LogP contribution is 2.25. The van der Waals surface area contributed by atoms with Crippen molar-refractivity contribution in [1.82, 2.24) is 4.90 Å². The van der Waals surface area contributed by atoms with Crippen molar-refractivity contribution >= 4 is 11.7 Å². The van der Waals surface area contributed by atoms with E-state index < -0.39 is 10.9 Å². The van der Waals surface area contributed by atoms with Crippen molar-refractivity contribution in [2.75, 3.05) is 26.2 Å². The van der Waals surface area contributed by atoms with E-state index in [1.54, 1.807) is 0 Å². The summed E-state index contributed by atoms with van der Waals surface area (Å²) >= 11 is 0. The van der Waals surface area contributed by atoms with Gasteiger partial charge in [-0.15, -0.1) is 0 Å². The average Bonchev–Trinajstić information content (AvgIpc) is 2.52. The van der Waals surface area contributed by atoms with Crippen LogP contribution in [0.4, 0.5) is 5.69 Å². The molecule has 1 aromatic rings. The second kappa shape index (κ2) is 7.74. The predicted octanol–water partition coefficient (Wildman–Crippen LogP) is 2.55. The van der Waals surface area contributed by atoms with Crippen molar-refractivity contribution < 1.29 is 19.6 Å². The number of piperidine rings is 1. The first-order valence-electron chi connectivity index (χ1n) is 7.45. The molecule has 2 rings (SSSR count). The van der Waals surface area contributed by atoms with Gasteiger partial charge in [0.15, 0.2) is 0 Å². The largest absolute Gasteiger partial charge is 0.492 e. The van der Waals surface area contributed by atoms with Crippen LogP contribution >= 0.6 is 0 Å². The van der Waals surface area contributed by atoms with Crippen LogP contribution in [0, 0.1) is 10.1 Å². The highest BCUT2D eigenvalue weighted by molar-refractivity contribution is 5.91. The number of nitro benzene ring substituents is 1. The molecule has 7 heteroatoms. The van der Waals surface area contributed by atoms with Gasteiger partial charge >= 0.3 is 5.97 Å². The predicted molar refractivity (Wildman–Crippen MR) is 80.5 cm³/mol. The van der Waals surface area contributed by atoms with Gasteiger partial charge in [-0.25, -0.2) is 4.79 Å². The van der Waals surface area contributed by atoms with Gasteiger partial charge in [0.25, 0.3) is 5.69 Å². The third-order valence-electron chi connectivity index (χ3n) is 3.73. The van der Waals surface area contributed by atoms with Gasteiger partial charge in [-0.05, 0) is 38.4 Å². The van der Waals surface area contributed by atoms with Gasteiger partial charge in [0.2, 0.25) is 0 Å². The number of hydrogen-bond acceptors (Lipinski definition) is 5. The smallest absolute Gasteiger partial charge is 0.339 e. The van der Waals surface area contributed by atoms with Crippen molar-refractivity contribution in [3.8, 4) is 5.75 Å². The van der Waals surface area contributed by atoms with Crippen LogP contribution in [-0.2, 0) is 0 Å². The summed E-state index contributed by atoms with van der Waals surface area (Å²) in [5.41, 5.74) is -0.223. The van der Waals surface area contributed by atoms with Crippen LogP contribution in [-0.4, -0.2) is 47.1 Å². The third kappa shape index (κ3) is 4.42. The number of benzene rings is 1. The standard InChI is InChI=1S/C15H20N2O5/c18-15(19)13-6-5-12(17(20)21)11-14(13)22-10-4-9-16-7-2-1-3-8-16/h5-6,11H,1-4,7-10H2,(H,18,19). The lowest BCUT2D eigenvalue weighted by Crippen LogP contribution is -2.31. The summed E-state index contributed by atoms with van der Waals surface area (Å²) in [6.45, 7) is 3.43. The van der Waals surface area contributed by atoms with E-state index in [-0.39, 0.29) is 17.0 Å². The number of rotatable bonds is 7. The van der Waals surface area contributed by atoms with Gasteiger partial charge in [0.05, 0.1) is 17.6 Å². The first-order chi connectivity index (χ1) is 10.6. The molecule has 1 heterocycles. The monoisotopic (exact) mass is 308 g/mol. The molecule has 120 valence electrons. The summed E-state index contributed by atoms with van der Waals surface area (Å²) < 4.78 is 5.47. The molecule has 1 aliphatic rings. The Balaban J connectivity index is 1.91. The van der Waals surface area contributed by atoms with E-state index >= 15 is 0 Å². The summed E-state index contributed by atoms with van der Waals surface area (Å²) in [7, 11) is 0. The number of non-ortho nitro benzene ring substituents is 1. The summed E-state index contributed by atoms with van der Waals surface area (Å²) in [6, 6.07) is 3.55. The minimum atomic E-state index is -1.15. The molecule has 0 unspecified atom stereocenters. The van der Waals surface area contributed by atoms with Gasteiger partial charge in [0, 0.05) is 12.6 Å². The molecular weight excluding hydrogens is 288 g/mol. The number of ether oxygens (including phenoxy) is 1. The Morgan fingerprint density at radius 1 is 1.32 bits per heavy atom. The number of hydrogen-bond donors (Lipinski definition) is 1. The number of nitrogens with zero attached hydrogens (tertiary/aromatic N) is 2. The number of carboxylic acid groups (broad SMARTS) is 1. The number of aromatic carboxylic acids is 1. The molecule has 1 N–H and O–H groups in total. The van der Waals surface area contributed by atoms with E-state index in [0.29, 0.717) is 6.61 Å². The number of likely N-dealkylation sites (tertiary alicyclic amines) is 1. The van der Waals surface area contributed by atoms with Crippen LogP contribution < -0.4 is 4.74 Å². The fourth-order valence-corrected chi connectivity index (χ4v) is 2.57. The van der Waals surface area contributed by atoms with E-state index in [0.717, 1.165) is 26.1 Å². The zero-order valence-electron chi connectivity index (χ0n) is 12.4. The van der Waals surface area contributed by atoms with Gasteiger partial charge in [-0.2, -0.15) is 0 Å². The number of carboxylic acids is 1. The third-order valence-corrected chi connectivity index (χ3v) is 3.73. The molecule has 1 saturated heterocycles. The zero-order valence-corrected chi connectivity index (χ0v) is 12.4. The second-order valence-electron chi connectivity index (χ2n) is 5.35. The molecule has 1 aliphatic heterocycles. The second-order valence-corrected chi connectivity index (χ2v) is 5.35. The Labute approximate surface area is 128 Å². The lowest BCUT2D eigenvalue weighted by molar-refractivity contribution is -0.384. The topological polar surface area (TPSA) is 92.9 Å². The Morgan fingerprint density at radius 2 is 2.05 bits per heavy atom. The van der Waals surface area contributed by atoms with Crippen LogP contribution in [0.1, 0.15) is 36.0 Å². The lowest BCUT2D eigenvalue weighted by Gasteiger charge is -2.26. The number of carbonyl (C=O) groups is 1. The number of nitro groups is 1. The van der Waals surface area contributed by atoms with Gasteiger partial charge < -0.3 is 14.7 Å². The summed E-state index contributed by atoms with van der Waals surface area (Å²) in [5, 5.41) is 19.9. The maximum Gasteiger partial charge on any atom is 0.339 e. The molecule has 22 heavy (non-hydrogen) atoms. The Hall–Kier alpha value is -2.15. The fraction of sp³-hybridized carbons (Fsp3) is 0.533. The zero-order chi connectivity index (χ0) is 15.9. The first kappa shape index (κ1) is 16.2. The molecule has 1 aromatic carbocycles. The van der Waals surface area contributed by atoms with Crippen molar-refractivity contribution in [2.45, 2.75) is 25.7 Å². The van der Waals surface area contributed by atoms with Crippen LogP contribution in [0.3, 0.4) is 0 Å². The van der Waals surface area contributed by atoms with Crippen LogP contribution in [0.25, 0.3) is 0 Å². The van der Waals surface area contributed by atoms with Crippen molar-refractivity contribution in [3.05, 3.63) is 33.9 Å². The molecule has 0 aromatic heterocycles. The average molecular weight is 308 g/mol. The van der Waals surface area contributed by atoms with Gasteiger partial charge in [-0.1, -0.05) is 6.42 Å². The SMILES string of the molecule is O=C(O)c1ccc([N+](=O)[O-])cc1OCCCN1CCCCC1. The van der Waals surface area contributed by atoms with E-state index in [4.69, 9.17) is 9.84 Å². The minimum Gasteiger partial charge on any atom is -0.492 e.